The maximum Gasteiger partial charge on any atom is 0.306 e. The summed E-state index contributed by atoms with van der Waals surface area (Å²) >= 11 is 0. The van der Waals surface area contributed by atoms with Crippen molar-refractivity contribution in [3.05, 3.63) is 0 Å². The second-order valence-corrected chi connectivity index (χ2v) is 9.29. The minimum Gasteiger partial charge on any atom is -0.465 e. The van der Waals surface area contributed by atoms with Crippen molar-refractivity contribution in [3.63, 3.8) is 0 Å². The van der Waals surface area contributed by atoms with Crippen molar-refractivity contribution < 1.29 is 14.6 Å². The Morgan fingerprint density at radius 2 is 1.77 bits per heavy atom. The molecule has 3 saturated carbocycles. The summed E-state index contributed by atoms with van der Waals surface area (Å²) < 4.78 is 5.49. The molecule has 2 unspecified atom stereocenters. The first-order chi connectivity index (χ1) is 10.3. The van der Waals surface area contributed by atoms with Crippen LogP contribution in [0.1, 0.15) is 65.7 Å². The van der Waals surface area contributed by atoms with E-state index in [9.17, 15) is 9.90 Å². The van der Waals surface area contributed by atoms with Crippen molar-refractivity contribution in [1.82, 2.24) is 0 Å². The van der Waals surface area contributed by atoms with Gasteiger partial charge < -0.3 is 9.84 Å². The van der Waals surface area contributed by atoms with Gasteiger partial charge in [-0.25, -0.2) is 0 Å². The second-order valence-electron chi connectivity index (χ2n) is 9.29. The lowest BCUT2D eigenvalue weighted by Crippen LogP contribution is -2.57. The van der Waals surface area contributed by atoms with Crippen LogP contribution < -0.4 is 0 Å². The average Bonchev–Trinajstić information content (AvgIpc) is 2.70. The molecule has 3 aliphatic carbocycles. The summed E-state index contributed by atoms with van der Waals surface area (Å²) in [5.41, 5.74) is -0.241. The number of ether oxygens (including phenoxy) is 1. The number of carbonyl (C=O) groups excluding carboxylic acids is 1. The highest BCUT2D eigenvalue weighted by atomic mass is 16.5. The largest absolute Gasteiger partial charge is 0.465 e. The minimum absolute atomic E-state index is 0.00497. The lowest BCUT2D eigenvalue weighted by atomic mass is 9.46. The van der Waals surface area contributed by atoms with Crippen molar-refractivity contribution in [2.45, 2.75) is 71.3 Å². The first-order valence-electron chi connectivity index (χ1n) is 9.16. The summed E-state index contributed by atoms with van der Waals surface area (Å²) in [4.78, 5) is 11.7. The van der Waals surface area contributed by atoms with E-state index >= 15 is 0 Å². The number of esters is 1. The number of rotatable bonds is 0. The van der Waals surface area contributed by atoms with Gasteiger partial charge in [-0.3, -0.25) is 4.79 Å². The third-order valence-electron chi connectivity index (χ3n) is 8.58. The first kappa shape index (κ1) is 15.0. The predicted octanol–water partition coefficient (Wildman–Crippen LogP) is 3.54. The molecule has 4 aliphatic rings. The monoisotopic (exact) mass is 306 g/mol. The van der Waals surface area contributed by atoms with Crippen LogP contribution in [0.2, 0.25) is 0 Å². The molecular weight excluding hydrogens is 276 g/mol. The van der Waals surface area contributed by atoms with Crippen molar-refractivity contribution in [3.8, 4) is 0 Å². The van der Waals surface area contributed by atoms with Crippen LogP contribution in [0.15, 0.2) is 0 Å². The van der Waals surface area contributed by atoms with E-state index in [0.717, 1.165) is 12.8 Å². The fraction of sp³-hybridized carbons (Fsp3) is 0.947. The van der Waals surface area contributed by atoms with Crippen LogP contribution in [0, 0.1) is 34.5 Å². The van der Waals surface area contributed by atoms with Gasteiger partial charge in [-0.15, -0.1) is 0 Å². The molecule has 0 aromatic carbocycles. The Kier molecular flexibility index (Phi) is 3.06. The molecule has 3 nitrogen and oxygen atoms in total. The Balaban J connectivity index is 1.65. The van der Waals surface area contributed by atoms with Crippen molar-refractivity contribution in [1.29, 1.82) is 0 Å². The van der Waals surface area contributed by atoms with Gasteiger partial charge in [0.2, 0.25) is 0 Å². The lowest BCUT2D eigenvalue weighted by Gasteiger charge is -2.60. The smallest absolute Gasteiger partial charge is 0.306 e. The second kappa shape index (κ2) is 4.49. The SMILES string of the molecule is CC1(O)CC[C@H]2[C@@H]3CCC4CC(=O)OC[C@]4(C)[C@@H]3CC[C@@]21C. The summed E-state index contributed by atoms with van der Waals surface area (Å²) in [7, 11) is 0. The van der Waals surface area contributed by atoms with E-state index in [-0.39, 0.29) is 16.8 Å². The molecular formula is C19H30O3. The van der Waals surface area contributed by atoms with Gasteiger partial charge in [0.15, 0.2) is 0 Å². The molecule has 3 heteroatoms. The van der Waals surface area contributed by atoms with Crippen LogP contribution in [0.3, 0.4) is 0 Å². The molecule has 124 valence electrons. The standard InChI is InChI=1S/C19H30O3/c1-17-11-22-16(20)10-12(17)4-5-13-14(17)6-8-18(2)15(13)7-9-19(18,3)21/h12-15,21H,4-11H2,1-3H3/t12?,13-,14-,15+,17+,18+,19?/m1/s1. The molecule has 1 heterocycles. The van der Waals surface area contributed by atoms with Gasteiger partial charge in [0.1, 0.15) is 0 Å². The maximum atomic E-state index is 11.7. The fourth-order valence-corrected chi connectivity index (χ4v) is 6.83. The molecule has 4 rings (SSSR count). The average molecular weight is 306 g/mol. The number of aliphatic hydroxyl groups is 1. The van der Waals surface area contributed by atoms with Gasteiger partial charge in [0, 0.05) is 11.8 Å². The highest BCUT2D eigenvalue weighted by molar-refractivity contribution is 5.70. The highest BCUT2D eigenvalue weighted by Crippen LogP contribution is 2.67. The molecule has 1 N–H and O–H groups in total. The van der Waals surface area contributed by atoms with E-state index in [1.165, 1.54) is 25.7 Å². The summed E-state index contributed by atoms with van der Waals surface area (Å²) in [6.45, 7) is 7.38. The van der Waals surface area contributed by atoms with Gasteiger partial charge in [0.25, 0.3) is 0 Å². The Morgan fingerprint density at radius 1 is 1.05 bits per heavy atom. The normalized spacial score (nSPS) is 57.5. The fourth-order valence-electron chi connectivity index (χ4n) is 6.83. The molecule has 0 aromatic rings. The number of hydrogen-bond donors (Lipinski definition) is 1. The van der Waals surface area contributed by atoms with Crippen LogP contribution in [0.25, 0.3) is 0 Å². The highest BCUT2D eigenvalue weighted by Gasteiger charge is 2.63. The zero-order valence-corrected chi connectivity index (χ0v) is 14.2. The van der Waals surface area contributed by atoms with E-state index in [4.69, 9.17) is 4.74 Å². The van der Waals surface area contributed by atoms with Crippen LogP contribution in [0.4, 0.5) is 0 Å². The van der Waals surface area contributed by atoms with Crippen molar-refractivity contribution in [2.24, 2.45) is 34.5 Å². The lowest BCUT2D eigenvalue weighted by molar-refractivity contribution is -0.186. The third kappa shape index (κ3) is 1.75. The van der Waals surface area contributed by atoms with Gasteiger partial charge in [-0.1, -0.05) is 13.8 Å². The quantitative estimate of drug-likeness (QED) is 0.696. The molecule has 0 aromatic heterocycles. The molecule has 0 spiro atoms. The molecule has 0 radical (unpaired) electrons. The van der Waals surface area contributed by atoms with Crippen LogP contribution >= 0.6 is 0 Å². The molecule has 4 fully saturated rings. The predicted molar refractivity (Wildman–Crippen MR) is 84.1 cm³/mol. The van der Waals surface area contributed by atoms with Gasteiger partial charge in [-0.2, -0.15) is 0 Å². The zero-order valence-electron chi connectivity index (χ0n) is 14.2. The first-order valence-corrected chi connectivity index (χ1v) is 9.16. The van der Waals surface area contributed by atoms with E-state index in [1.807, 2.05) is 0 Å². The van der Waals surface area contributed by atoms with Gasteiger partial charge in [-0.05, 0) is 74.5 Å². The van der Waals surface area contributed by atoms with Crippen LogP contribution in [-0.2, 0) is 9.53 Å². The third-order valence-corrected chi connectivity index (χ3v) is 8.58. The van der Waals surface area contributed by atoms with E-state index < -0.39 is 5.60 Å². The summed E-state index contributed by atoms with van der Waals surface area (Å²) in [6.07, 6.45) is 7.48. The summed E-state index contributed by atoms with van der Waals surface area (Å²) in [5, 5.41) is 10.9. The Labute approximate surface area is 133 Å². The van der Waals surface area contributed by atoms with Crippen LogP contribution in [-0.4, -0.2) is 23.3 Å². The Bertz CT molecular complexity index is 499. The topological polar surface area (TPSA) is 46.5 Å². The van der Waals surface area contributed by atoms with Gasteiger partial charge >= 0.3 is 5.97 Å². The van der Waals surface area contributed by atoms with Crippen molar-refractivity contribution in [2.75, 3.05) is 6.61 Å². The minimum atomic E-state index is -0.501. The molecule has 0 amide bonds. The number of carbonyl (C=O) groups is 1. The Morgan fingerprint density at radius 3 is 2.55 bits per heavy atom. The molecule has 1 saturated heterocycles. The van der Waals surface area contributed by atoms with Crippen molar-refractivity contribution >= 4 is 5.97 Å². The zero-order chi connectivity index (χ0) is 15.8. The number of cyclic esters (lactones) is 1. The number of fused-ring (bicyclic) bond motifs is 5. The molecule has 7 atom stereocenters. The molecule has 1 aliphatic heterocycles. The van der Waals surface area contributed by atoms with E-state index in [0.29, 0.717) is 36.7 Å². The maximum absolute atomic E-state index is 11.7. The molecule has 0 bridgehead atoms. The van der Waals surface area contributed by atoms with Gasteiger partial charge in [0.05, 0.1) is 12.2 Å². The summed E-state index contributed by atoms with van der Waals surface area (Å²) in [6, 6.07) is 0. The van der Waals surface area contributed by atoms with E-state index in [1.54, 1.807) is 0 Å². The molecule has 22 heavy (non-hydrogen) atoms. The van der Waals surface area contributed by atoms with Crippen LogP contribution in [0.5, 0.6) is 0 Å². The summed E-state index contributed by atoms with van der Waals surface area (Å²) in [5.74, 6) is 2.56. The van der Waals surface area contributed by atoms with E-state index in [2.05, 4.69) is 20.8 Å². The Hall–Kier alpha value is -0.570. The number of hydrogen-bond acceptors (Lipinski definition) is 3.